The van der Waals surface area contributed by atoms with Crippen LogP contribution in [-0.2, 0) is 11.4 Å². The van der Waals surface area contributed by atoms with E-state index in [0.29, 0.717) is 6.61 Å². The summed E-state index contributed by atoms with van der Waals surface area (Å²) in [5, 5.41) is 1.91. The number of aromatic nitrogens is 1. The molecule has 0 fully saturated rings. The maximum Gasteiger partial charge on any atom is 0.110 e. The van der Waals surface area contributed by atoms with Gasteiger partial charge in [-0.05, 0) is 12.1 Å². The van der Waals surface area contributed by atoms with Crippen LogP contribution in [-0.4, -0.2) is 4.98 Å². The second kappa shape index (κ2) is 4.39. The maximum atomic E-state index is 5.65. The van der Waals surface area contributed by atoms with Crippen LogP contribution >= 0.6 is 11.3 Å². The quantitative estimate of drug-likeness (QED) is 0.775. The van der Waals surface area contributed by atoms with Crippen molar-refractivity contribution in [3.05, 3.63) is 35.5 Å². The number of nitrogens with zero attached hydrogens (tertiary/aromatic N) is 1. The van der Waals surface area contributed by atoms with Crippen LogP contribution < -0.4 is 11.6 Å². The van der Waals surface area contributed by atoms with Crippen LogP contribution in [0.25, 0.3) is 10.4 Å². The Balaban J connectivity index is 2.23. The van der Waals surface area contributed by atoms with Gasteiger partial charge in [-0.2, -0.15) is 0 Å². The second-order valence-electron chi connectivity index (χ2n) is 3.09. The van der Waals surface area contributed by atoms with Gasteiger partial charge in [0, 0.05) is 27.7 Å². The molecule has 4 nitrogen and oxygen atoms in total. The highest BCUT2D eigenvalue weighted by Gasteiger charge is 2.01. The van der Waals surface area contributed by atoms with Gasteiger partial charge in [-0.15, -0.1) is 11.3 Å². The van der Waals surface area contributed by atoms with Crippen molar-refractivity contribution < 1.29 is 4.84 Å². The zero-order valence-corrected chi connectivity index (χ0v) is 8.83. The minimum atomic E-state index is 0.326. The number of nitrogen functional groups attached to an aromatic ring is 1. The monoisotopic (exact) mass is 221 g/mol. The van der Waals surface area contributed by atoms with Crippen molar-refractivity contribution in [3.8, 4) is 10.4 Å². The van der Waals surface area contributed by atoms with E-state index < -0.39 is 0 Å². The summed E-state index contributed by atoms with van der Waals surface area (Å²) < 4.78 is 0. The molecule has 0 atom stereocenters. The van der Waals surface area contributed by atoms with Crippen molar-refractivity contribution in [1.29, 1.82) is 0 Å². The van der Waals surface area contributed by atoms with Gasteiger partial charge in [0.2, 0.25) is 0 Å². The molecule has 15 heavy (non-hydrogen) atoms. The minimum Gasteiger partial charge on any atom is -0.398 e. The van der Waals surface area contributed by atoms with E-state index in [4.69, 9.17) is 11.6 Å². The van der Waals surface area contributed by atoms with Gasteiger partial charge in [0.15, 0.2) is 0 Å². The van der Waals surface area contributed by atoms with E-state index in [9.17, 15) is 0 Å². The van der Waals surface area contributed by atoms with Gasteiger partial charge in [0.25, 0.3) is 0 Å². The first kappa shape index (κ1) is 10.1. The highest BCUT2D eigenvalue weighted by Crippen LogP contribution is 2.27. The Morgan fingerprint density at radius 2 is 2.27 bits per heavy atom. The Bertz CT molecular complexity index is 438. The summed E-state index contributed by atoms with van der Waals surface area (Å²) in [7, 11) is 0. The number of anilines is 1. The summed E-state index contributed by atoms with van der Waals surface area (Å²) in [5.74, 6) is 4.96. The molecular formula is C10H11N3OS. The summed E-state index contributed by atoms with van der Waals surface area (Å²) in [6, 6.07) is 5.80. The Kier molecular flexibility index (Phi) is 2.96. The van der Waals surface area contributed by atoms with Gasteiger partial charge in [0.05, 0.1) is 5.69 Å². The molecule has 2 heterocycles. The third-order valence-electron chi connectivity index (χ3n) is 1.96. The third-order valence-corrected chi connectivity index (χ3v) is 2.96. The summed E-state index contributed by atoms with van der Waals surface area (Å²) in [4.78, 5) is 9.82. The van der Waals surface area contributed by atoms with E-state index in [-0.39, 0.29) is 0 Å². The van der Waals surface area contributed by atoms with Gasteiger partial charge in [-0.1, -0.05) is 6.07 Å². The van der Waals surface area contributed by atoms with Gasteiger partial charge in [0.1, 0.15) is 6.61 Å². The second-order valence-corrected chi connectivity index (χ2v) is 4.00. The van der Waals surface area contributed by atoms with Crippen LogP contribution in [0.1, 0.15) is 5.69 Å². The molecule has 2 aromatic rings. The molecule has 78 valence electrons. The molecule has 2 aromatic heterocycles. The van der Waals surface area contributed by atoms with E-state index in [1.807, 2.05) is 23.6 Å². The van der Waals surface area contributed by atoms with E-state index in [1.54, 1.807) is 17.5 Å². The fourth-order valence-electron chi connectivity index (χ4n) is 1.24. The molecule has 0 spiro atoms. The number of nitrogens with two attached hydrogens (primary N) is 2. The molecule has 2 rings (SSSR count). The van der Waals surface area contributed by atoms with E-state index >= 15 is 0 Å². The molecule has 0 aromatic carbocycles. The number of rotatable bonds is 3. The average Bonchev–Trinajstić information content (AvgIpc) is 2.67. The lowest BCUT2D eigenvalue weighted by atomic mass is 10.2. The number of thiophene rings is 1. The Hall–Kier alpha value is -1.43. The highest BCUT2D eigenvalue weighted by atomic mass is 32.1. The van der Waals surface area contributed by atoms with Crippen molar-refractivity contribution in [3.63, 3.8) is 0 Å². The van der Waals surface area contributed by atoms with Crippen molar-refractivity contribution in [1.82, 2.24) is 4.98 Å². The molecule has 0 aliphatic carbocycles. The van der Waals surface area contributed by atoms with Gasteiger partial charge in [-0.25, -0.2) is 5.90 Å². The van der Waals surface area contributed by atoms with Crippen molar-refractivity contribution in [2.75, 3.05) is 5.73 Å². The summed E-state index contributed by atoms with van der Waals surface area (Å²) >= 11 is 1.60. The third kappa shape index (κ3) is 2.33. The molecule has 0 unspecified atom stereocenters. The molecule has 0 saturated heterocycles. The maximum absolute atomic E-state index is 5.65. The lowest BCUT2D eigenvalue weighted by Gasteiger charge is -1.99. The fourth-order valence-corrected chi connectivity index (χ4v) is 2.04. The molecule has 4 N–H and O–H groups in total. The Morgan fingerprint density at radius 3 is 2.80 bits per heavy atom. The van der Waals surface area contributed by atoms with Crippen LogP contribution in [0.3, 0.4) is 0 Å². The Morgan fingerprint density at radius 1 is 1.40 bits per heavy atom. The summed E-state index contributed by atoms with van der Waals surface area (Å²) in [5.41, 5.74) is 8.29. The molecule has 0 aliphatic heterocycles. The average molecular weight is 221 g/mol. The zero-order valence-electron chi connectivity index (χ0n) is 8.01. The minimum absolute atomic E-state index is 0.326. The fraction of sp³-hybridized carbons (Fsp3) is 0.100. The lowest BCUT2D eigenvalue weighted by molar-refractivity contribution is 0.121. The molecule has 0 bridgehead atoms. The molecular weight excluding hydrogens is 210 g/mol. The smallest absolute Gasteiger partial charge is 0.110 e. The van der Waals surface area contributed by atoms with Crippen LogP contribution in [0, 0.1) is 0 Å². The van der Waals surface area contributed by atoms with Crippen molar-refractivity contribution >= 4 is 17.0 Å². The first-order chi connectivity index (χ1) is 7.29. The molecule has 0 amide bonds. The first-order valence-electron chi connectivity index (χ1n) is 4.40. The Labute approximate surface area is 91.5 Å². The number of hydrogen-bond acceptors (Lipinski definition) is 5. The topological polar surface area (TPSA) is 74.2 Å². The normalized spacial score (nSPS) is 10.5. The van der Waals surface area contributed by atoms with Gasteiger partial charge in [-0.3, -0.25) is 9.82 Å². The van der Waals surface area contributed by atoms with Crippen LogP contribution in [0.15, 0.2) is 29.8 Å². The first-order valence-corrected chi connectivity index (χ1v) is 5.28. The lowest BCUT2D eigenvalue weighted by Crippen LogP contribution is -2.00. The molecule has 5 heteroatoms. The van der Waals surface area contributed by atoms with Crippen molar-refractivity contribution in [2.24, 2.45) is 5.90 Å². The van der Waals surface area contributed by atoms with E-state index in [0.717, 1.165) is 21.8 Å². The highest BCUT2D eigenvalue weighted by molar-refractivity contribution is 7.14. The molecule has 0 radical (unpaired) electrons. The molecule has 0 aliphatic rings. The van der Waals surface area contributed by atoms with Crippen LogP contribution in [0.4, 0.5) is 5.69 Å². The standard InChI is InChI=1S/C10H11N3OS/c11-8-3-10(15-6-8)7-1-2-9(5-14-12)13-4-7/h1-4,6H,5,11-12H2. The number of pyridine rings is 1. The number of hydrogen-bond donors (Lipinski definition) is 2. The predicted molar refractivity (Wildman–Crippen MR) is 60.9 cm³/mol. The predicted octanol–water partition coefficient (Wildman–Crippen LogP) is 1.78. The van der Waals surface area contributed by atoms with Gasteiger partial charge < -0.3 is 5.73 Å². The largest absolute Gasteiger partial charge is 0.398 e. The molecule has 0 saturated carbocycles. The van der Waals surface area contributed by atoms with Crippen molar-refractivity contribution in [2.45, 2.75) is 6.61 Å². The summed E-state index contributed by atoms with van der Waals surface area (Å²) in [6.45, 7) is 0.326. The SMILES string of the molecule is NOCc1ccc(-c2cc(N)cs2)cn1. The van der Waals surface area contributed by atoms with Gasteiger partial charge >= 0.3 is 0 Å². The van der Waals surface area contributed by atoms with E-state index in [1.165, 1.54) is 0 Å². The van der Waals surface area contributed by atoms with Crippen LogP contribution in [0.2, 0.25) is 0 Å². The van der Waals surface area contributed by atoms with E-state index in [2.05, 4.69) is 9.82 Å². The zero-order chi connectivity index (χ0) is 10.7. The summed E-state index contributed by atoms with van der Waals surface area (Å²) in [6.07, 6.45) is 1.79. The van der Waals surface area contributed by atoms with Crippen LogP contribution in [0.5, 0.6) is 0 Å².